The number of benzene rings is 2. The molecule has 1 atom stereocenters. The molecule has 0 saturated carbocycles. The fourth-order valence-corrected chi connectivity index (χ4v) is 2.36. The zero-order chi connectivity index (χ0) is 15.1. The Morgan fingerprint density at radius 1 is 1.05 bits per heavy atom. The zero-order valence-electron chi connectivity index (χ0n) is 12.6. The molecular formula is C18H22FNO. The summed E-state index contributed by atoms with van der Waals surface area (Å²) in [5.41, 5.74) is 3.60. The molecule has 0 radical (unpaired) electrons. The van der Waals surface area contributed by atoms with Crippen LogP contribution in [0.2, 0.25) is 0 Å². The summed E-state index contributed by atoms with van der Waals surface area (Å²) in [7, 11) is 1.71. The van der Waals surface area contributed by atoms with Gasteiger partial charge in [-0.25, -0.2) is 4.39 Å². The molecule has 0 aliphatic rings. The molecule has 0 heterocycles. The first-order valence-corrected chi connectivity index (χ1v) is 7.22. The van der Waals surface area contributed by atoms with Crippen molar-refractivity contribution in [2.75, 3.05) is 7.11 Å². The van der Waals surface area contributed by atoms with Gasteiger partial charge in [0.1, 0.15) is 5.82 Å². The SMILES string of the molecule is COCc1ccccc1CNC(C)Cc1ccc(F)cc1. The highest BCUT2D eigenvalue weighted by Crippen LogP contribution is 2.11. The third kappa shape index (κ3) is 4.96. The predicted molar refractivity (Wildman–Crippen MR) is 83.6 cm³/mol. The molecule has 0 aromatic heterocycles. The predicted octanol–water partition coefficient (Wildman–Crippen LogP) is 3.69. The lowest BCUT2D eigenvalue weighted by molar-refractivity contribution is 0.184. The van der Waals surface area contributed by atoms with Crippen molar-refractivity contribution in [1.29, 1.82) is 0 Å². The van der Waals surface area contributed by atoms with Crippen LogP contribution in [0.1, 0.15) is 23.6 Å². The van der Waals surface area contributed by atoms with Crippen molar-refractivity contribution in [3.8, 4) is 0 Å². The van der Waals surface area contributed by atoms with Crippen LogP contribution in [0.25, 0.3) is 0 Å². The van der Waals surface area contributed by atoms with Crippen LogP contribution in [0.5, 0.6) is 0 Å². The van der Waals surface area contributed by atoms with Crippen molar-refractivity contribution in [1.82, 2.24) is 5.32 Å². The second kappa shape index (κ2) is 7.91. The average Bonchev–Trinajstić information content (AvgIpc) is 2.49. The van der Waals surface area contributed by atoms with Crippen LogP contribution in [0.4, 0.5) is 4.39 Å². The van der Waals surface area contributed by atoms with Gasteiger partial charge in [-0.15, -0.1) is 0 Å². The van der Waals surface area contributed by atoms with E-state index in [1.54, 1.807) is 7.11 Å². The molecule has 0 bridgehead atoms. The maximum Gasteiger partial charge on any atom is 0.123 e. The molecule has 2 aromatic rings. The molecule has 2 aromatic carbocycles. The van der Waals surface area contributed by atoms with Crippen molar-refractivity contribution >= 4 is 0 Å². The number of halogens is 1. The molecule has 0 fully saturated rings. The minimum atomic E-state index is -0.187. The third-order valence-electron chi connectivity index (χ3n) is 3.51. The molecule has 1 unspecified atom stereocenters. The fraction of sp³-hybridized carbons (Fsp3) is 0.333. The van der Waals surface area contributed by atoms with Gasteiger partial charge in [0.25, 0.3) is 0 Å². The third-order valence-corrected chi connectivity index (χ3v) is 3.51. The largest absolute Gasteiger partial charge is 0.380 e. The van der Waals surface area contributed by atoms with Crippen LogP contribution in [0.3, 0.4) is 0 Å². The van der Waals surface area contributed by atoms with Crippen LogP contribution in [0.15, 0.2) is 48.5 Å². The Kier molecular flexibility index (Phi) is 5.90. The molecule has 0 aliphatic heterocycles. The molecule has 0 amide bonds. The zero-order valence-corrected chi connectivity index (χ0v) is 12.6. The number of rotatable bonds is 7. The Bertz CT molecular complexity index is 553. The summed E-state index contributed by atoms with van der Waals surface area (Å²) in [5.74, 6) is -0.187. The summed E-state index contributed by atoms with van der Waals surface area (Å²) < 4.78 is 18.1. The Labute approximate surface area is 126 Å². The Hall–Kier alpha value is -1.71. The maximum atomic E-state index is 12.9. The van der Waals surface area contributed by atoms with E-state index in [0.717, 1.165) is 18.5 Å². The van der Waals surface area contributed by atoms with E-state index in [9.17, 15) is 4.39 Å². The van der Waals surface area contributed by atoms with Crippen molar-refractivity contribution < 1.29 is 9.13 Å². The summed E-state index contributed by atoms with van der Waals surface area (Å²) in [6.07, 6.45) is 0.882. The van der Waals surface area contributed by atoms with E-state index in [4.69, 9.17) is 4.74 Å². The smallest absolute Gasteiger partial charge is 0.123 e. The van der Waals surface area contributed by atoms with Gasteiger partial charge >= 0.3 is 0 Å². The lowest BCUT2D eigenvalue weighted by atomic mass is 10.1. The maximum absolute atomic E-state index is 12.9. The van der Waals surface area contributed by atoms with Crippen molar-refractivity contribution in [3.05, 3.63) is 71.0 Å². The minimum Gasteiger partial charge on any atom is -0.380 e. The fourth-order valence-electron chi connectivity index (χ4n) is 2.36. The van der Waals surface area contributed by atoms with E-state index in [2.05, 4.69) is 24.4 Å². The van der Waals surface area contributed by atoms with Gasteiger partial charge in [0.05, 0.1) is 6.61 Å². The van der Waals surface area contributed by atoms with Gasteiger partial charge < -0.3 is 10.1 Å². The van der Waals surface area contributed by atoms with E-state index >= 15 is 0 Å². The molecule has 0 saturated heterocycles. The van der Waals surface area contributed by atoms with E-state index < -0.39 is 0 Å². The van der Waals surface area contributed by atoms with Crippen molar-refractivity contribution in [2.45, 2.75) is 32.5 Å². The highest BCUT2D eigenvalue weighted by Gasteiger charge is 2.06. The topological polar surface area (TPSA) is 21.3 Å². The van der Waals surface area contributed by atoms with Gasteiger partial charge in [0.2, 0.25) is 0 Å². The summed E-state index contributed by atoms with van der Waals surface area (Å²) in [5, 5.41) is 3.51. The molecule has 2 nitrogen and oxygen atoms in total. The summed E-state index contributed by atoms with van der Waals surface area (Å²) in [6.45, 7) is 3.58. The minimum absolute atomic E-state index is 0.187. The van der Waals surface area contributed by atoms with Gasteiger partial charge in [-0.2, -0.15) is 0 Å². The quantitative estimate of drug-likeness (QED) is 0.838. The van der Waals surface area contributed by atoms with Gasteiger partial charge in [-0.05, 0) is 42.2 Å². The first-order chi connectivity index (χ1) is 10.2. The van der Waals surface area contributed by atoms with Gasteiger partial charge in [-0.3, -0.25) is 0 Å². The van der Waals surface area contributed by atoms with Gasteiger partial charge in [0, 0.05) is 19.7 Å². The summed E-state index contributed by atoms with van der Waals surface area (Å²) >= 11 is 0. The Morgan fingerprint density at radius 2 is 1.71 bits per heavy atom. The van der Waals surface area contributed by atoms with Crippen LogP contribution in [0, 0.1) is 5.82 Å². The lowest BCUT2D eigenvalue weighted by Gasteiger charge is -2.16. The molecule has 0 aliphatic carbocycles. The number of methoxy groups -OCH3 is 1. The molecule has 2 rings (SSSR count). The molecule has 3 heteroatoms. The van der Waals surface area contributed by atoms with Gasteiger partial charge in [0.15, 0.2) is 0 Å². The molecular weight excluding hydrogens is 265 g/mol. The first-order valence-electron chi connectivity index (χ1n) is 7.22. The van der Waals surface area contributed by atoms with Gasteiger partial charge in [-0.1, -0.05) is 36.4 Å². The summed E-state index contributed by atoms with van der Waals surface area (Å²) in [6, 6.07) is 15.3. The van der Waals surface area contributed by atoms with E-state index in [1.807, 2.05) is 24.3 Å². The Morgan fingerprint density at radius 3 is 2.38 bits per heavy atom. The van der Waals surface area contributed by atoms with Crippen LogP contribution in [-0.2, 0) is 24.3 Å². The van der Waals surface area contributed by atoms with Crippen LogP contribution in [-0.4, -0.2) is 13.2 Å². The highest BCUT2D eigenvalue weighted by molar-refractivity contribution is 5.26. The second-order valence-electron chi connectivity index (χ2n) is 5.31. The standard InChI is InChI=1S/C18H22FNO/c1-14(11-15-7-9-18(19)10-8-15)20-12-16-5-3-4-6-17(16)13-21-2/h3-10,14,20H,11-13H2,1-2H3. The highest BCUT2D eigenvalue weighted by atomic mass is 19.1. The normalized spacial score (nSPS) is 12.3. The second-order valence-corrected chi connectivity index (χ2v) is 5.31. The lowest BCUT2D eigenvalue weighted by Crippen LogP contribution is -2.28. The van der Waals surface area contributed by atoms with Crippen LogP contribution >= 0.6 is 0 Å². The first kappa shape index (κ1) is 15.7. The van der Waals surface area contributed by atoms with Crippen LogP contribution < -0.4 is 5.32 Å². The Balaban J connectivity index is 1.89. The molecule has 1 N–H and O–H groups in total. The average molecular weight is 287 g/mol. The van der Waals surface area contributed by atoms with E-state index in [0.29, 0.717) is 12.6 Å². The number of ether oxygens (including phenoxy) is 1. The number of hydrogen-bond donors (Lipinski definition) is 1. The van der Waals surface area contributed by atoms with Crippen molar-refractivity contribution in [3.63, 3.8) is 0 Å². The van der Waals surface area contributed by atoms with E-state index in [1.165, 1.54) is 23.3 Å². The van der Waals surface area contributed by atoms with E-state index in [-0.39, 0.29) is 5.82 Å². The molecule has 112 valence electrons. The van der Waals surface area contributed by atoms with Crippen molar-refractivity contribution in [2.24, 2.45) is 0 Å². The number of hydrogen-bond acceptors (Lipinski definition) is 2. The number of nitrogens with one attached hydrogen (secondary N) is 1. The molecule has 0 spiro atoms. The molecule has 21 heavy (non-hydrogen) atoms. The monoisotopic (exact) mass is 287 g/mol. The summed E-state index contributed by atoms with van der Waals surface area (Å²) in [4.78, 5) is 0.